The maximum atomic E-state index is 11.4. The SMILES string of the molecule is O=[N+]([O-])c1ccccc1P(c1ccccc1)c1ccccc1. The van der Waals surface area contributed by atoms with Crippen LogP contribution < -0.4 is 15.9 Å². The molecule has 4 heteroatoms. The topological polar surface area (TPSA) is 43.1 Å². The van der Waals surface area contributed by atoms with E-state index in [-0.39, 0.29) is 10.6 Å². The van der Waals surface area contributed by atoms with Gasteiger partial charge < -0.3 is 0 Å². The van der Waals surface area contributed by atoms with E-state index in [4.69, 9.17) is 0 Å². The maximum absolute atomic E-state index is 11.4. The number of hydrogen-bond donors (Lipinski definition) is 0. The molecule has 0 aliphatic rings. The predicted octanol–water partition coefficient (Wildman–Crippen LogP) is 3.35. The van der Waals surface area contributed by atoms with Gasteiger partial charge in [0.1, 0.15) is 0 Å². The van der Waals surface area contributed by atoms with Crippen LogP contribution in [0.4, 0.5) is 5.69 Å². The molecule has 0 aliphatic heterocycles. The molecule has 0 atom stereocenters. The molecule has 0 radical (unpaired) electrons. The van der Waals surface area contributed by atoms with Crippen LogP contribution in [-0.4, -0.2) is 4.92 Å². The number of nitrogens with zero attached hydrogens (tertiary/aromatic N) is 1. The van der Waals surface area contributed by atoms with Crippen LogP contribution in [0.25, 0.3) is 0 Å². The number of nitro benzene ring substituents is 1. The third kappa shape index (κ3) is 2.90. The van der Waals surface area contributed by atoms with Crippen molar-refractivity contribution in [1.29, 1.82) is 0 Å². The van der Waals surface area contributed by atoms with Gasteiger partial charge in [-0.15, -0.1) is 0 Å². The summed E-state index contributed by atoms with van der Waals surface area (Å²) in [4.78, 5) is 11.1. The second kappa shape index (κ2) is 6.50. The molecule has 0 fully saturated rings. The summed E-state index contributed by atoms with van der Waals surface area (Å²) in [5.41, 5.74) is 0.182. The highest BCUT2D eigenvalue weighted by atomic mass is 31.1. The van der Waals surface area contributed by atoms with Gasteiger partial charge in [0.05, 0.1) is 10.2 Å². The largest absolute Gasteiger partial charge is 0.277 e. The lowest BCUT2D eigenvalue weighted by atomic mass is 10.3. The van der Waals surface area contributed by atoms with E-state index in [0.29, 0.717) is 0 Å². The van der Waals surface area contributed by atoms with Gasteiger partial charge in [0.2, 0.25) is 0 Å². The first-order valence-corrected chi connectivity index (χ1v) is 8.25. The van der Waals surface area contributed by atoms with Gasteiger partial charge in [-0.1, -0.05) is 72.8 Å². The fourth-order valence-electron chi connectivity index (χ4n) is 2.39. The molecular weight excluding hydrogens is 293 g/mol. The lowest BCUT2D eigenvalue weighted by Crippen LogP contribution is -2.22. The van der Waals surface area contributed by atoms with Gasteiger partial charge in [0.25, 0.3) is 5.69 Å². The Balaban J connectivity index is 2.21. The van der Waals surface area contributed by atoms with Gasteiger partial charge in [-0.3, -0.25) is 10.1 Å². The van der Waals surface area contributed by atoms with Crippen molar-refractivity contribution >= 4 is 29.5 Å². The molecule has 22 heavy (non-hydrogen) atoms. The summed E-state index contributed by atoms with van der Waals surface area (Å²) in [6.45, 7) is 0. The third-order valence-electron chi connectivity index (χ3n) is 3.35. The van der Waals surface area contributed by atoms with Gasteiger partial charge in [-0.05, 0) is 24.6 Å². The Morgan fingerprint density at radius 3 is 1.64 bits per heavy atom. The highest BCUT2D eigenvalue weighted by Gasteiger charge is 2.24. The number of nitro groups is 1. The zero-order valence-corrected chi connectivity index (χ0v) is 12.7. The zero-order chi connectivity index (χ0) is 15.4. The van der Waals surface area contributed by atoms with E-state index in [1.54, 1.807) is 12.1 Å². The van der Waals surface area contributed by atoms with Crippen molar-refractivity contribution in [3.05, 3.63) is 95.0 Å². The molecule has 3 aromatic carbocycles. The van der Waals surface area contributed by atoms with Gasteiger partial charge in [-0.2, -0.15) is 0 Å². The van der Waals surface area contributed by atoms with E-state index >= 15 is 0 Å². The molecule has 3 aromatic rings. The number of benzene rings is 3. The molecule has 3 nitrogen and oxygen atoms in total. The maximum Gasteiger partial charge on any atom is 0.277 e. The number of para-hydroxylation sites is 1. The van der Waals surface area contributed by atoms with E-state index in [2.05, 4.69) is 0 Å². The lowest BCUT2D eigenvalue weighted by molar-refractivity contribution is -0.383. The summed E-state index contributed by atoms with van der Waals surface area (Å²) in [6, 6.07) is 27.0. The van der Waals surface area contributed by atoms with Crippen LogP contribution in [0, 0.1) is 10.1 Å². The highest BCUT2D eigenvalue weighted by molar-refractivity contribution is 7.80. The second-order valence-electron chi connectivity index (χ2n) is 4.75. The van der Waals surface area contributed by atoms with Crippen LogP contribution in [0.5, 0.6) is 0 Å². The Hall–Kier alpha value is -2.51. The molecule has 3 rings (SSSR count). The molecule has 0 aliphatic carbocycles. The van der Waals surface area contributed by atoms with Crippen LogP contribution >= 0.6 is 7.92 Å². The van der Waals surface area contributed by atoms with Crippen molar-refractivity contribution in [1.82, 2.24) is 0 Å². The van der Waals surface area contributed by atoms with E-state index in [1.165, 1.54) is 0 Å². The third-order valence-corrected chi connectivity index (χ3v) is 5.84. The monoisotopic (exact) mass is 307 g/mol. The summed E-state index contributed by atoms with van der Waals surface area (Å²) in [5, 5.41) is 14.4. The van der Waals surface area contributed by atoms with Gasteiger partial charge in [0.15, 0.2) is 0 Å². The first-order chi connectivity index (χ1) is 10.8. The molecular formula is C18H14NO2P. The summed E-state index contributed by atoms with van der Waals surface area (Å²) < 4.78 is 0. The number of hydrogen-bond acceptors (Lipinski definition) is 2. The molecule has 0 saturated heterocycles. The minimum atomic E-state index is -0.941. The average Bonchev–Trinajstić information content (AvgIpc) is 2.57. The Kier molecular flexibility index (Phi) is 4.27. The van der Waals surface area contributed by atoms with Crippen LogP contribution in [-0.2, 0) is 0 Å². The quantitative estimate of drug-likeness (QED) is 0.421. The van der Waals surface area contributed by atoms with Crippen molar-refractivity contribution in [2.75, 3.05) is 0 Å². The molecule has 0 spiro atoms. The Morgan fingerprint density at radius 1 is 0.682 bits per heavy atom. The van der Waals surface area contributed by atoms with Crippen LogP contribution in [0.15, 0.2) is 84.9 Å². The molecule has 0 heterocycles. The van der Waals surface area contributed by atoms with E-state index in [1.807, 2.05) is 72.8 Å². The molecule has 0 unspecified atom stereocenters. The standard InChI is InChI=1S/C18H14NO2P/c20-19(21)17-13-7-8-14-18(17)22(15-9-3-1-4-10-15)16-11-5-2-6-12-16/h1-14H. The van der Waals surface area contributed by atoms with E-state index < -0.39 is 7.92 Å². The van der Waals surface area contributed by atoms with Crippen LogP contribution in [0.3, 0.4) is 0 Å². The lowest BCUT2D eigenvalue weighted by Gasteiger charge is -2.18. The van der Waals surface area contributed by atoms with E-state index in [9.17, 15) is 10.1 Å². The molecule has 0 bridgehead atoms. The molecule has 108 valence electrons. The number of rotatable bonds is 4. The first-order valence-electron chi connectivity index (χ1n) is 6.91. The molecule has 0 saturated carbocycles. The van der Waals surface area contributed by atoms with Crippen molar-refractivity contribution < 1.29 is 4.92 Å². The Morgan fingerprint density at radius 2 is 1.14 bits per heavy atom. The normalized spacial score (nSPS) is 10.6. The zero-order valence-electron chi connectivity index (χ0n) is 11.8. The Bertz CT molecular complexity index is 736. The smallest absolute Gasteiger partial charge is 0.258 e. The van der Waals surface area contributed by atoms with Crippen LogP contribution in [0.1, 0.15) is 0 Å². The summed E-state index contributed by atoms with van der Waals surface area (Å²) >= 11 is 0. The minimum absolute atomic E-state index is 0.182. The van der Waals surface area contributed by atoms with Gasteiger partial charge in [-0.25, -0.2) is 0 Å². The molecule has 0 aromatic heterocycles. The summed E-state index contributed by atoms with van der Waals surface area (Å²) in [5.74, 6) is 0. The molecule has 0 N–H and O–H groups in total. The van der Waals surface area contributed by atoms with Gasteiger partial charge in [0, 0.05) is 6.07 Å². The fraction of sp³-hybridized carbons (Fsp3) is 0. The predicted molar refractivity (Wildman–Crippen MR) is 91.8 cm³/mol. The van der Waals surface area contributed by atoms with Gasteiger partial charge >= 0.3 is 0 Å². The van der Waals surface area contributed by atoms with Crippen molar-refractivity contribution in [2.45, 2.75) is 0 Å². The minimum Gasteiger partial charge on any atom is -0.258 e. The second-order valence-corrected chi connectivity index (χ2v) is 6.94. The van der Waals surface area contributed by atoms with Crippen molar-refractivity contribution in [2.24, 2.45) is 0 Å². The first kappa shape index (κ1) is 14.4. The highest BCUT2D eigenvalue weighted by Crippen LogP contribution is 2.35. The van der Waals surface area contributed by atoms with Crippen molar-refractivity contribution in [3.63, 3.8) is 0 Å². The molecule has 0 amide bonds. The van der Waals surface area contributed by atoms with Crippen molar-refractivity contribution in [3.8, 4) is 0 Å². The summed E-state index contributed by atoms with van der Waals surface area (Å²) in [7, 11) is -0.941. The Labute approximate surface area is 130 Å². The average molecular weight is 307 g/mol. The fourth-order valence-corrected chi connectivity index (χ4v) is 4.80. The van der Waals surface area contributed by atoms with E-state index in [0.717, 1.165) is 15.9 Å². The summed E-state index contributed by atoms with van der Waals surface area (Å²) in [6.07, 6.45) is 0. The van der Waals surface area contributed by atoms with Crippen LogP contribution in [0.2, 0.25) is 0 Å².